The molecule has 1 aliphatic heterocycles. The zero-order chi connectivity index (χ0) is 12.8. The van der Waals surface area contributed by atoms with E-state index in [0.717, 1.165) is 24.8 Å². The first kappa shape index (κ1) is 13.5. The van der Waals surface area contributed by atoms with Gasteiger partial charge in [0.05, 0.1) is 12.2 Å². The van der Waals surface area contributed by atoms with Gasteiger partial charge in [0.15, 0.2) is 0 Å². The number of aromatic nitrogens is 3. The van der Waals surface area contributed by atoms with Gasteiger partial charge in [0.1, 0.15) is 0 Å². The van der Waals surface area contributed by atoms with Crippen molar-refractivity contribution < 1.29 is 0 Å². The lowest BCUT2D eigenvalue weighted by atomic mass is 9.98. The van der Waals surface area contributed by atoms with Gasteiger partial charge in [-0.15, -0.1) is 5.10 Å². The maximum Gasteiger partial charge on any atom is 0.0962 e. The highest BCUT2D eigenvalue weighted by Crippen LogP contribution is 2.20. The molecule has 2 rings (SSSR count). The molecule has 2 N–H and O–H groups in total. The van der Waals surface area contributed by atoms with Crippen molar-refractivity contribution in [1.29, 1.82) is 0 Å². The lowest BCUT2D eigenvalue weighted by Crippen LogP contribution is -2.41. The predicted molar refractivity (Wildman–Crippen MR) is 72.0 cm³/mol. The summed E-state index contributed by atoms with van der Waals surface area (Å²) in [5, 5.41) is 8.13. The van der Waals surface area contributed by atoms with Crippen molar-refractivity contribution in [2.75, 3.05) is 13.1 Å². The highest BCUT2D eigenvalue weighted by atomic mass is 15.4. The molecule has 5 heteroatoms. The molecule has 1 unspecified atom stereocenters. The number of hydrogen-bond donors (Lipinski definition) is 1. The Morgan fingerprint density at radius 2 is 2.28 bits per heavy atom. The fraction of sp³-hybridized carbons (Fsp3) is 0.846. The average Bonchev–Trinajstić information content (AvgIpc) is 2.86. The Bertz CT molecular complexity index is 347. The first-order valence-corrected chi connectivity index (χ1v) is 7.16. The molecule has 0 amide bonds. The van der Waals surface area contributed by atoms with E-state index in [1.54, 1.807) is 0 Å². The average molecular weight is 251 g/mol. The molecule has 1 saturated heterocycles. The largest absolute Gasteiger partial charge is 0.325 e. The fourth-order valence-corrected chi connectivity index (χ4v) is 2.79. The molecule has 0 bridgehead atoms. The maximum absolute atomic E-state index is 5.54. The van der Waals surface area contributed by atoms with E-state index in [9.17, 15) is 0 Å². The summed E-state index contributed by atoms with van der Waals surface area (Å²) >= 11 is 0. The summed E-state index contributed by atoms with van der Waals surface area (Å²) in [6.07, 6.45) is 8.65. The Morgan fingerprint density at radius 3 is 3.00 bits per heavy atom. The van der Waals surface area contributed by atoms with E-state index in [2.05, 4.69) is 22.1 Å². The molecule has 1 aromatic heterocycles. The monoisotopic (exact) mass is 251 g/mol. The summed E-state index contributed by atoms with van der Waals surface area (Å²) in [5.41, 5.74) is 6.41. The fourth-order valence-electron chi connectivity index (χ4n) is 2.79. The SMILES string of the molecule is CCCC1CCCCN1CCn1cc(CN)nn1. The normalized spacial score (nSPS) is 21.3. The Labute approximate surface area is 109 Å². The van der Waals surface area contributed by atoms with Crippen LogP contribution >= 0.6 is 0 Å². The summed E-state index contributed by atoms with van der Waals surface area (Å²) < 4.78 is 1.92. The second kappa shape index (κ2) is 6.85. The lowest BCUT2D eigenvalue weighted by Gasteiger charge is -2.35. The summed E-state index contributed by atoms with van der Waals surface area (Å²) in [7, 11) is 0. The van der Waals surface area contributed by atoms with Crippen LogP contribution in [0.25, 0.3) is 0 Å². The molecular formula is C13H25N5. The molecule has 1 aromatic rings. The van der Waals surface area contributed by atoms with Crippen molar-refractivity contribution in [3.8, 4) is 0 Å². The Balaban J connectivity index is 1.83. The third-order valence-corrected chi connectivity index (χ3v) is 3.78. The Morgan fingerprint density at radius 1 is 1.39 bits per heavy atom. The number of hydrogen-bond acceptors (Lipinski definition) is 4. The third kappa shape index (κ3) is 3.53. The number of nitrogens with zero attached hydrogens (tertiary/aromatic N) is 4. The summed E-state index contributed by atoms with van der Waals surface area (Å²) in [6, 6.07) is 0.779. The van der Waals surface area contributed by atoms with Gasteiger partial charge in [-0.2, -0.15) is 0 Å². The van der Waals surface area contributed by atoms with Gasteiger partial charge in [0.2, 0.25) is 0 Å². The van der Waals surface area contributed by atoms with Crippen LogP contribution in [0.5, 0.6) is 0 Å². The van der Waals surface area contributed by atoms with Gasteiger partial charge in [0, 0.05) is 25.3 Å². The van der Waals surface area contributed by atoms with Crippen molar-refractivity contribution in [2.24, 2.45) is 5.73 Å². The highest BCUT2D eigenvalue weighted by molar-refractivity contribution is 4.90. The molecule has 1 atom stereocenters. The maximum atomic E-state index is 5.54. The zero-order valence-corrected chi connectivity index (χ0v) is 11.4. The van der Waals surface area contributed by atoms with Crippen LogP contribution in [0.2, 0.25) is 0 Å². The van der Waals surface area contributed by atoms with Gasteiger partial charge in [-0.25, -0.2) is 0 Å². The molecule has 2 heterocycles. The first-order valence-electron chi connectivity index (χ1n) is 7.16. The van der Waals surface area contributed by atoms with Crippen LogP contribution < -0.4 is 5.73 Å². The quantitative estimate of drug-likeness (QED) is 0.830. The molecule has 5 nitrogen and oxygen atoms in total. The van der Waals surface area contributed by atoms with Gasteiger partial charge in [-0.05, 0) is 25.8 Å². The van der Waals surface area contributed by atoms with E-state index in [1.807, 2.05) is 10.9 Å². The number of rotatable bonds is 6. The Hall–Kier alpha value is -0.940. The van der Waals surface area contributed by atoms with Crippen LogP contribution in [0.4, 0.5) is 0 Å². The van der Waals surface area contributed by atoms with Crippen LogP contribution in [0.15, 0.2) is 6.20 Å². The van der Waals surface area contributed by atoms with Crippen LogP contribution in [-0.2, 0) is 13.1 Å². The molecule has 1 aliphatic rings. The van der Waals surface area contributed by atoms with Gasteiger partial charge in [-0.3, -0.25) is 9.58 Å². The van der Waals surface area contributed by atoms with Crippen molar-refractivity contribution >= 4 is 0 Å². The van der Waals surface area contributed by atoms with E-state index in [4.69, 9.17) is 5.73 Å². The lowest BCUT2D eigenvalue weighted by molar-refractivity contribution is 0.132. The number of likely N-dealkylation sites (tertiary alicyclic amines) is 1. The van der Waals surface area contributed by atoms with Crippen molar-refractivity contribution in [3.63, 3.8) is 0 Å². The molecule has 18 heavy (non-hydrogen) atoms. The van der Waals surface area contributed by atoms with Crippen molar-refractivity contribution in [1.82, 2.24) is 19.9 Å². The molecule has 102 valence electrons. The second-order valence-corrected chi connectivity index (χ2v) is 5.15. The van der Waals surface area contributed by atoms with E-state index in [1.165, 1.54) is 38.6 Å². The minimum atomic E-state index is 0.474. The topological polar surface area (TPSA) is 60.0 Å². The van der Waals surface area contributed by atoms with Crippen LogP contribution in [0.3, 0.4) is 0 Å². The molecule has 0 radical (unpaired) electrons. The molecule has 0 aliphatic carbocycles. The van der Waals surface area contributed by atoms with Gasteiger partial charge in [-0.1, -0.05) is 25.0 Å². The summed E-state index contributed by atoms with van der Waals surface area (Å²) in [5.74, 6) is 0. The van der Waals surface area contributed by atoms with Crippen LogP contribution in [0, 0.1) is 0 Å². The van der Waals surface area contributed by atoms with E-state index >= 15 is 0 Å². The van der Waals surface area contributed by atoms with Gasteiger partial charge >= 0.3 is 0 Å². The van der Waals surface area contributed by atoms with Crippen LogP contribution in [-0.4, -0.2) is 39.0 Å². The van der Waals surface area contributed by atoms with Crippen molar-refractivity contribution in [3.05, 3.63) is 11.9 Å². The molecular weight excluding hydrogens is 226 g/mol. The van der Waals surface area contributed by atoms with E-state index in [0.29, 0.717) is 6.54 Å². The molecule has 0 aromatic carbocycles. The first-order chi connectivity index (χ1) is 8.83. The summed E-state index contributed by atoms with van der Waals surface area (Å²) in [4.78, 5) is 2.62. The number of piperidine rings is 1. The molecule has 0 saturated carbocycles. The second-order valence-electron chi connectivity index (χ2n) is 5.15. The van der Waals surface area contributed by atoms with E-state index in [-0.39, 0.29) is 0 Å². The van der Waals surface area contributed by atoms with Crippen molar-refractivity contribution in [2.45, 2.75) is 58.2 Å². The highest BCUT2D eigenvalue weighted by Gasteiger charge is 2.21. The third-order valence-electron chi connectivity index (χ3n) is 3.78. The smallest absolute Gasteiger partial charge is 0.0962 e. The Kier molecular flexibility index (Phi) is 5.13. The molecule has 1 fully saturated rings. The van der Waals surface area contributed by atoms with Gasteiger partial charge in [0.25, 0.3) is 0 Å². The predicted octanol–water partition coefficient (Wildman–Crippen LogP) is 1.39. The standard InChI is InChI=1S/C13H25N5/c1-2-5-13-6-3-4-7-17(13)8-9-18-11-12(10-14)15-16-18/h11,13H,2-10,14H2,1H3. The number of nitrogens with two attached hydrogens (primary N) is 1. The summed E-state index contributed by atoms with van der Waals surface area (Å²) in [6.45, 7) is 5.99. The van der Waals surface area contributed by atoms with Crippen LogP contribution in [0.1, 0.15) is 44.7 Å². The minimum absolute atomic E-state index is 0.474. The zero-order valence-electron chi connectivity index (χ0n) is 11.4. The van der Waals surface area contributed by atoms with E-state index < -0.39 is 0 Å². The van der Waals surface area contributed by atoms with Gasteiger partial charge < -0.3 is 5.73 Å². The molecule has 0 spiro atoms. The minimum Gasteiger partial charge on any atom is -0.325 e.